The Morgan fingerprint density at radius 3 is 2.24 bits per heavy atom. The Balaban J connectivity index is 1.36. The fourth-order valence-electron chi connectivity index (χ4n) is 5.64. The average molecular weight is 510 g/mol. The molecule has 0 aromatic heterocycles. The topological polar surface area (TPSA) is 80.3 Å². The Morgan fingerprint density at radius 1 is 0.892 bits per heavy atom. The highest BCUT2D eigenvalue weighted by atomic mass is 16.5. The first-order valence-corrected chi connectivity index (χ1v) is 13.2. The van der Waals surface area contributed by atoms with E-state index < -0.39 is 0 Å². The number of hydrogen-bond acceptors (Lipinski definition) is 6. The maximum absolute atomic E-state index is 13.5. The van der Waals surface area contributed by atoms with Crippen LogP contribution in [0.2, 0.25) is 0 Å². The van der Waals surface area contributed by atoms with Crippen molar-refractivity contribution in [3.8, 4) is 17.2 Å². The van der Waals surface area contributed by atoms with Crippen LogP contribution in [-0.2, 0) is 11.2 Å². The molecule has 1 N–H and O–H groups in total. The first kappa shape index (κ1) is 26.8. The lowest BCUT2D eigenvalue weighted by atomic mass is 9.94. The third-order valence-electron chi connectivity index (χ3n) is 7.63. The molecule has 0 spiro atoms. The molecule has 2 fully saturated rings. The van der Waals surface area contributed by atoms with E-state index in [9.17, 15) is 9.59 Å². The first-order valence-electron chi connectivity index (χ1n) is 13.2. The third-order valence-corrected chi connectivity index (χ3v) is 7.63. The lowest BCUT2D eigenvalue weighted by Crippen LogP contribution is -2.58. The molecule has 1 saturated heterocycles. The zero-order chi connectivity index (χ0) is 26.2. The van der Waals surface area contributed by atoms with E-state index in [0.717, 1.165) is 30.6 Å². The minimum absolute atomic E-state index is 0.0284. The molecule has 2 aliphatic rings. The predicted molar refractivity (Wildman–Crippen MR) is 142 cm³/mol. The van der Waals surface area contributed by atoms with Crippen LogP contribution in [0.5, 0.6) is 17.2 Å². The number of para-hydroxylation sites is 1. The van der Waals surface area contributed by atoms with Crippen LogP contribution in [0, 0.1) is 5.92 Å². The van der Waals surface area contributed by atoms with Gasteiger partial charge in [0.1, 0.15) is 5.75 Å². The maximum Gasteiger partial charge on any atom is 0.254 e. The summed E-state index contributed by atoms with van der Waals surface area (Å²) in [6, 6.07) is 13.0. The third kappa shape index (κ3) is 6.36. The standard InChI is InChI=1S/C29H39N3O5/c1-35-24-11-7-6-8-21(24)14-15-30-28(33)27(22-9-4-5-10-22)31-16-18-32(19-17-31)29(34)23-12-13-25(36-2)26(20-23)37-3/h6-8,11-13,20,22,27H,4-5,9-10,14-19H2,1-3H3,(H,30,33)/t27-/m0/s1. The molecular weight excluding hydrogens is 470 g/mol. The predicted octanol–water partition coefficient (Wildman–Crippen LogP) is 3.39. The van der Waals surface area contributed by atoms with Gasteiger partial charge in [-0.2, -0.15) is 0 Å². The van der Waals surface area contributed by atoms with Crippen LogP contribution in [-0.4, -0.2) is 81.7 Å². The van der Waals surface area contributed by atoms with Gasteiger partial charge in [0.15, 0.2) is 11.5 Å². The van der Waals surface area contributed by atoms with Crippen molar-refractivity contribution in [2.45, 2.75) is 38.1 Å². The van der Waals surface area contributed by atoms with Crippen molar-refractivity contribution >= 4 is 11.8 Å². The zero-order valence-electron chi connectivity index (χ0n) is 22.2. The molecule has 0 bridgehead atoms. The van der Waals surface area contributed by atoms with Crippen molar-refractivity contribution in [1.29, 1.82) is 0 Å². The highest BCUT2D eigenvalue weighted by molar-refractivity contribution is 5.95. The second-order valence-electron chi connectivity index (χ2n) is 9.74. The number of ether oxygens (including phenoxy) is 3. The van der Waals surface area contributed by atoms with Crippen LogP contribution in [0.15, 0.2) is 42.5 Å². The fraction of sp³-hybridized carbons (Fsp3) is 0.517. The number of carbonyl (C=O) groups excluding carboxylic acids is 2. The molecule has 2 aromatic carbocycles. The van der Waals surface area contributed by atoms with E-state index in [1.165, 1.54) is 12.8 Å². The van der Waals surface area contributed by atoms with Crippen LogP contribution in [0.25, 0.3) is 0 Å². The molecule has 2 amide bonds. The lowest BCUT2D eigenvalue weighted by molar-refractivity contribution is -0.129. The summed E-state index contributed by atoms with van der Waals surface area (Å²) in [5.74, 6) is 2.41. The number of carbonyl (C=O) groups is 2. The molecule has 200 valence electrons. The smallest absolute Gasteiger partial charge is 0.254 e. The van der Waals surface area contributed by atoms with E-state index in [-0.39, 0.29) is 17.9 Å². The molecular formula is C29H39N3O5. The molecule has 8 heteroatoms. The zero-order valence-corrected chi connectivity index (χ0v) is 22.2. The highest BCUT2D eigenvalue weighted by Crippen LogP contribution is 2.32. The van der Waals surface area contributed by atoms with Crippen LogP contribution in [0.3, 0.4) is 0 Å². The Kier molecular flexibility index (Phi) is 9.28. The molecule has 1 aliphatic carbocycles. The Morgan fingerprint density at radius 2 is 1.57 bits per heavy atom. The van der Waals surface area contributed by atoms with Gasteiger partial charge in [-0.25, -0.2) is 0 Å². The second-order valence-corrected chi connectivity index (χ2v) is 9.74. The Hall–Kier alpha value is -3.26. The average Bonchev–Trinajstić information content (AvgIpc) is 3.47. The molecule has 8 nitrogen and oxygen atoms in total. The molecule has 1 aliphatic heterocycles. The van der Waals surface area contributed by atoms with Crippen molar-refractivity contribution in [1.82, 2.24) is 15.1 Å². The summed E-state index contributed by atoms with van der Waals surface area (Å²) in [6.07, 6.45) is 5.23. The van der Waals surface area contributed by atoms with Crippen LogP contribution >= 0.6 is 0 Å². The van der Waals surface area contributed by atoms with Gasteiger partial charge in [-0.05, 0) is 55.0 Å². The summed E-state index contributed by atoms with van der Waals surface area (Å²) >= 11 is 0. The normalized spacial score (nSPS) is 17.3. The number of piperazine rings is 1. The van der Waals surface area contributed by atoms with Gasteiger partial charge in [0, 0.05) is 38.3 Å². The number of rotatable bonds is 10. The van der Waals surface area contributed by atoms with Crippen LogP contribution < -0.4 is 19.5 Å². The maximum atomic E-state index is 13.5. The highest BCUT2D eigenvalue weighted by Gasteiger charge is 2.37. The first-order chi connectivity index (χ1) is 18.0. The number of nitrogens with one attached hydrogen (secondary N) is 1. The number of nitrogens with zero attached hydrogens (tertiary/aromatic N) is 2. The van der Waals surface area contributed by atoms with Gasteiger partial charge in [-0.3, -0.25) is 14.5 Å². The number of amides is 2. The van der Waals surface area contributed by atoms with Gasteiger partial charge in [0.2, 0.25) is 5.91 Å². The van der Waals surface area contributed by atoms with Crippen molar-refractivity contribution in [2.24, 2.45) is 5.92 Å². The largest absolute Gasteiger partial charge is 0.496 e. The summed E-state index contributed by atoms with van der Waals surface area (Å²) in [4.78, 5) is 30.8. The van der Waals surface area contributed by atoms with E-state index in [4.69, 9.17) is 14.2 Å². The van der Waals surface area contributed by atoms with Crippen molar-refractivity contribution < 1.29 is 23.8 Å². The number of methoxy groups -OCH3 is 3. The van der Waals surface area contributed by atoms with Crippen LogP contribution in [0.4, 0.5) is 0 Å². The van der Waals surface area contributed by atoms with E-state index in [2.05, 4.69) is 10.2 Å². The molecule has 37 heavy (non-hydrogen) atoms. The molecule has 4 rings (SSSR count). The summed E-state index contributed by atoms with van der Waals surface area (Å²) < 4.78 is 16.1. The van der Waals surface area contributed by atoms with Gasteiger partial charge in [-0.15, -0.1) is 0 Å². The molecule has 1 atom stereocenters. The minimum atomic E-state index is -0.154. The quantitative estimate of drug-likeness (QED) is 0.529. The minimum Gasteiger partial charge on any atom is -0.496 e. The monoisotopic (exact) mass is 509 g/mol. The van der Waals surface area contributed by atoms with Gasteiger partial charge in [0.05, 0.1) is 27.4 Å². The van der Waals surface area contributed by atoms with Crippen molar-refractivity contribution in [3.63, 3.8) is 0 Å². The molecule has 1 saturated carbocycles. The molecule has 0 unspecified atom stereocenters. The Bertz CT molecular complexity index is 1060. The number of benzene rings is 2. The lowest BCUT2D eigenvalue weighted by Gasteiger charge is -2.40. The van der Waals surface area contributed by atoms with E-state index in [1.807, 2.05) is 29.2 Å². The van der Waals surface area contributed by atoms with Crippen molar-refractivity contribution in [2.75, 3.05) is 54.1 Å². The van der Waals surface area contributed by atoms with E-state index >= 15 is 0 Å². The van der Waals surface area contributed by atoms with Gasteiger partial charge >= 0.3 is 0 Å². The fourth-order valence-corrected chi connectivity index (χ4v) is 5.64. The summed E-state index contributed by atoms with van der Waals surface area (Å²) in [5.41, 5.74) is 1.66. The summed E-state index contributed by atoms with van der Waals surface area (Å²) in [7, 11) is 4.81. The summed E-state index contributed by atoms with van der Waals surface area (Å²) in [5, 5.41) is 3.20. The van der Waals surface area contributed by atoms with Gasteiger partial charge < -0.3 is 24.4 Å². The SMILES string of the molecule is COc1ccccc1CCNC(=O)[C@H](C1CCCC1)N1CCN(C(=O)c2ccc(OC)c(OC)c2)CC1. The van der Waals surface area contributed by atoms with Crippen LogP contribution in [0.1, 0.15) is 41.6 Å². The Labute approximate surface area is 219 Å². The van der Waals surface area contributed by atoms with E-state index in [1.54, 1.807) is 39.5 Å². The number of hydrogen-bond donors (Lipinski definition) is 1. The molecule has 2 aromatic rings. The molecule has 0 radical (unpaired) electrons. The van der Waals surface area contributed by atoms with Gasteiger partial charge in [-0.1, -0.05) is 31.0 Å². The van der Waals surface area contributed by atoms with E-state index in [0.29, 0.717) is 55.7 Å². The molecule has 1 heterocycles. The second kappa shape index (κ2) is 12.8. The van der Waals surface area contributed by atoms with Gasteiger partial charge in [0.25, 0.3) is 5.91 Å². The van der Waals surface area contributed by atoms with Crippen molar-refractivity contribution in [3.05, 3.63) is 53.6 Å². The summed E-state index contributed by atoms with van der Waals surface area (Å²) in [6.45, 7) is 3.11.